The standard InChI is InChI=1S/C18H29BO2/c1-6-15(20)11-21-16-9-7-14(8-10-16)19-12-17(2,3)18(4,5)13-19/h7-10,15,20H,6,11-13H2,1-5H3/t15-/m0/s1. The van der Waals surface area contributed by atoms with Crippen LogP contribution in [-0.4, -0.2) is 24.5 Å². The Hall–Kier alpha value is -0.955. The zero-order chi connectivity index (χ0) is 15.7. The molecule has 2 rings (SSSR count). The zero-order valence-corrected chi connectivity index (χ0v) is 14.1. The van der Waals surface area contributed by atoms with Crippen molar-refractivity contribution < 1.29 is 9.84 Å². The van der Waals surface area contributed by atoms with Crippen LogP contribution in [0.3, 0.4) is 0 Å². The van der Waals surface area contributed by atoms with Gasteiger partial charge in [0.1, 0.15) is 12.4 Å². The summed E-state index contributed by atoms with van der Waals surface area (Å²) < 4.78 is 5.61. The Morgan fingerprint density at radius 1 is 1.10 bits per heavy atom. The third kappa shape index (κ3) is 3.63. The maximum atomic E-state index is 9.54. The van der Waals surface area contributed by atoms with Gasteiger partial charge >= 0.3 is 0 Å². The molecule has 2 nitrogen and oxygen atoms in total. The van der Waals surface area contributed by atoms with E-state index in [0.717, 1.165) is 12.2 Å². The van der Waals surface area contributed by atoms with Gasteiger partial charge in [0.25, 0.3) is 0 Å². The number of benzene rings is 1. The van der Waals surface area contributed by atoms with E-state index in [9.17, 15) is 5.11 Å². The van der Waals surface area contributed by atoms with E-state index in [1.54, 1.807) is 0 Å². The maximum absolute atomic E-state index is 9.54. The molecule has 0 unspecified atom stereocenters. The summed E-state index contributed by atoms with van der Waals surface area (Å²) in [6.07, 6.45) is 2.84. The first-order chi connectivity index (χ1) is 9.75. The van der Waals surface area contributed by atoms with Crippen molar-refractivity contribution in [3.8, 4) is 5.75 Å². The molecule has 116 valence electrons. The highest BCUT2D eigenvalue weighted by Gasteiger charge is 2.47. The highest BCUT2D eigenvalue weighted by Crippen LogP contribution is 2.52. The van der Waals surface area contributed by atoms with E-state index in [2.05, 4.69) is 39.8 Å². The molecule has 0 aromatic heterocycles. The average molecular weight is 288 g/mol. The van der Waals surface area contributed by atoms with Crippen molar-refractivity contribution in [1.82, 2.24) is 0 Å². The molecule has 1 atom stereocenters. The van der Waals surface area contributed by atoms with Crippen molar-refractivity contribution in [2.75, 3.05) is 6.61 Å². The number of aliphatic hydroxyl groups is 1. The van der Waals surface area contributed by atoms with Crippen molar-refractivity contribution in [2.24, 2.45) is 10.8 Å². The van der Waals surface area contributed by atoms with Crippen LogP contribution < -0.4 is 10.2 Å². The van der Waals surface area contributed by atoms with E-state index >= 15 is 0 Å². The van der Waals surface area contributed by atoms with Crippen LogP contribution >= 0.6 is 0 Å². The molecule has 0 saturated carbocycles. The zero-order valence-electron chi connectivity index (χ0n) is 14.1. The van der Waals surface area contributed by atoms with Crippen LogP contribution in [-0.2, 0) is 0 Å². The second-order valence-electron chi connectivity index (χ2n) is 7.82. The Labute approximate surface area is 130 Å². The molecule has 1 aliphatic heterocycles. The van der Waals surface area contributed by atoms with Crippen molar-refractivity contribution in [3.05, 3.63) is 24.3 Å². The lowest BCUT2D eigenvalue weighted by molar-refractivity contribution is 0.104. The Bertz CT molecular complexity index is 449. The second kappa shape index (κ2) is 6.04. The maximum Gasteiger partial charge on any atom is 0.176 e. The van der Waals surface area contributed by atoms with Crippen LogP contribution in [0, 0.1) is 10.8 Å². The Morgan fingerprint density at radius 3 is 2.10 bits per heavy atom. The van der Waals surface area contributed by atoms with Gasteiger partial charge in [0.2, 0.25) is 0 Å². The quantitative estimate of drug-likeness (QED) is 0.839. The van der Waals surface area contributed by atoms with E-state index in [4.69, 9.17) is 4.74 Å². The lowest BCUT2D eigenvalue weighted by atomic mass is 9.42. The molecule has 0 bridgehead atoms. The highest BCUT2D eigenvalue weighted by molar-refractivity contribution is 6.74. The van der Waals surface area contributed by atoms with Gasteiger partial charge in [-0.25, -0.2) is 0 Å². The van der Waals surface area contributed by atoms with Gasteiger partial charge < -0.3 is 9.84 Å². The van der Waals surface area contributed by atoms with Gasteiger partial charge in [-0.3, -0.25) is 0 Å². The summed E-state index contributed by atoms with van der Waals surface area (Å²) in [7, 11) is 0. The summed E-state index contributed by atoms with van der Waals surface area (Å²) in [5, 5.41) is 9.54. The van der Waals surface area contributed by atoms with E-state index < -0.39 is 0 Å². The van der Waals surface area contributed by atoms with Crippen LogP contribution in [0.1, 0.15) is 41.0 Å². The normalized spacial score (nSPS) is 21.3. The fourth-order valence-corrected chi connectivity index (χ4v) is 3.24. The number of ether oxygens (including phenoxy) is 1. The molecule has 1 aliphatic rings. The summed E-state index contributed by atoms with van der Waals surface area (Å²) in [4.78, 5) is 0. The molecule has 1 fully saturated rings. The van der Waals surface area contributed by atoms with E-state index in [1.165, 1.54) is 18.1 Å². The van der Waals surface area contributed by atoms with Gasteiger partial charge in [0, 0.05) is 0 Å². The Kier molecular flexibility index (Phi) is 4.72. The van der Waals surface area contributed by atoms with Crippen LogP contribution in [0.15, 0.2) is 24.3 Å². The van der Waals surface area contributed by atoms with Crippen molar-refractivity contribution in [2.45, 2.75) is 59.8 Å². The molecule has 21 heavy (non-hydrogen) atoms. The average Bonchev–Trinajstić information content (AvgIpc) is 2.65. The van der Waals surface area contributed by atoms with Crippen molar-refractivity contribution in [1.29, 1.82) is 0 Å². The Morgan fingerprint density at radius 2 is 1.62 bits per heavy atom. The van der Waals surface area contributed by atoms with Crippen LogP contribution in [0.5, 0.6) is 5.75 Å². The van der Waals surface area contributed by atoms with Crippen LogP contribution in [0.2, 0.25) is 12.6 Å². The van der Waals surface area contributed by atoms with Gasteiger partial charge in [-0.05, 0) is 29.4 Å². The van der Waals surface area contributed by atoms with Crippen molar-refractivity contribution >= 4 is 12.2 Å². The molecule has 1 heterocycles. The van der Waals surface area contributed by atoms with Crippen LogP contribution in [0.4, 0.5) is 0 Å². The minimum atomic E-state index is -0.374. The largest absolute Gasteiger partial charge is 0.491 e. The summed E-state index contributed by atoms with van der Waals surface area (Å²) in [5.41, 5.74) is 2.19. The summed E-state index contributed by atoms with van der Waals surface area (Å²) in [6.45, 7) is 12.5. The minimum Gasteiger partial charge on any atom is -0.491 e. The first-order valence-corrected chi connectivity index (χ1v) is 8.16. The van der Waals surface area contributed by atoms with Gasteiger partial charge in [-0.15, -0.1) is 0 Å². The second-order valence-corrected chi connectivity index (χ2v) is 7.82. The summed E-state index contributed by atoms with van der Waals surface area (Å²) >= 11 is 0. The number of hydrogen-bond acceptors (Lipinski definition) is 2. The molecule has 1 aromatic carbocycles. The molecule has 1 aromatic rings. The third-order valence-corrected chi connectivity index (χ3v) is 5.61. The molecular formula is C18H29BO2. The number of aliphatic hydroxyl groups excluding tert-OH is 1. The van der Waals surface area contributed by atoms with E-state index in [0.29, 0.717) is 24.1 Å². The molecule has 0 aliphatic carbocycles. The molecule has 0 amide bonds. The van der Waals surface area contributed by atoms with E-state index in [-0.39, 0.29) is 6.10 Å². The van der Waals surface area contributed by atoms with Gasteiger partial charge in [-0.1, -0.05) is 64.9 Å². The molecule has 0 spiro atoms. The number of hydrogen-bond donors (Lipinski definition) is 1. The predicted molar refractivity (Wildman–Crippen MR) is 90.8 cm³/mol. The lowest BCUT2D eigenvalue weighted by Crippen LogP contribution is -2.27. The van der Waals surface area contributed by atoms with E-state index in [1.807, 2.05) is 19.1 Å². The smallest absolute Gasteiger partial charge is 0.176 e. The molecule has 1 N–H and O–H groups in total. The first-order valence-electron chi connectivity index (χ1n) is 8.16. The highest BCUT2D eigenvalue weighted by atomic mass is 16.5. The molecule has 0 radical (unpaired) electrons. The Balaban J connectivity index is 2.00. The topological polar surface area (TPSA) is 29.5 Å². The summed E-state index contributed by atoms with van der Waals surface area (Å²) in [5.74, 6) is 0.850. The molecule has 1 saturated heterocycles. The number of rotatable bonds is 5. The molecule has 3 heteroatoms. The SMILES string of the molecule is CC[C@H](O)COc1ccc(B2CC(C)(C)C(C)(C)C2)cc1. The van der Waals surface area contributed by atoms with Crippen LogP contribution in [0.25, 0.3) is 0 Å². The predicted octanol–water partition coefficient (Wildman–Crippen LogP) is 3.60. The monoisotopic (exact) mass is 288 g/mol. The first kappa shape index (κ1) is 16.4. The van der Waals surface area contributed by atoms with Gasteiger partial charge in [0.15, 0.2) is 6.71 Å². The lowest BCUT2D eigenvalue weighted by Gasteiger charge is -2.35. The fraction of sp³-hybridized carbons (Fsp3) is 0.667. The third-order valence-electron chi connectivity index (χ3n) is 5.61. The minimum absolute atomic E-state index is 0.374. The molecular weight excluding hydrogens is 259 g/mol. The van der Waals surface area contributed by atoms with Gasteiger partial charge in [-0.2, -0.15) is 0 Å². The van der Waals surface area contributed by atoms with Gasteiger partial charge in [0.05, 0.1) is 6.10 Å². The van der Waals surface area contributed by atoms with Crippen molar-refractivity contribution in [3.63, 3.8) is 0 Å². The fourth-order valence-electron chi connectivity index (χ4n) is 3.24. The summed E-state index contributed by atoms with van der Waals surface area (Å²) in [6, 6.07) is 8.46.